The van der Waals surface area contributed by atoms with Crippen LogP contribution in [0.15, 0.2) is 53.1 Å². The summed E-state index contributed by atoms with van der Waals surface area (Å²) in [6.45, 7) is 2.51. The Balaban J connectivity index is 1.54. The zero-order valence-electron chi connectivity index (χ0n) is 17.0. The lowest BCUT2D eigenvalue weighted by Crippen LogP contribution is -2.56. The van der Waals surface area contributed by atoms with Crippen molar-refractivity contribution in [2.75, 3.05) is 19.7 Å². The number of aliphatic hydroxyl groups excluding tert-OH is 2. The molecule has 30 heavy (non-hydrogen) atoms. The Morgan fingerprint density at radius 3 is 2.80 bits per heavy atom. The third kappa shape index (κ3) is 3.97. The Morgan fingerprint density at radius 1 is 1.30 bits per heavy atom. The number of furan rings is 1. The molecule has 0 unspecified atom stereocenters. The van der Waals surface area contributed by atoms with Crippen molar-refractivity contribution in [2.45, 2.75) is 32.3 Å². The molecule has 2 N–H and O–H groups in total. The van der Waals surface area contributed by atoms with Gasteiger partial charge in [0.1, 0.15) is 5.58 Å². The maximum Gasteiger partial charge on any atom is 0.227 e. The van der Waals surface area contributed by atoms with Crippen molar-refractivity contribution in [3.8, 4) is 0 Å². The molecule has 1 amide bonds. The molecule has 1 aliphatic heterocycles. The van der Waals surface area contributed by atoms with Gasteiger partial charge in [0.2, 0.25) is 5.91 Å². The van der Waals surface area contributed by atoms with E-state index in [0.717, 1.165) is 22.1 Å². The summed E-state index contributed by atoms with van der Waals surface area (Å²) in [5.74, 6) is -0.0489. The largest absolute Gasteiger partial charge is 0.464 e. The predicted octanol–water partition coefficient (Wildman–Crippen LogP) is 3.75. The van der Waals surface area contributed by atoms with E-state index in [2.05, 4.69) is 0 Å². The van der Waals surface area contributed by atoms with E-state index in [1.165, 1.54) is 0 Å². The van der Waals surface area contributed by atoms with Gasteiger partial charge in [-0.2, -0.15) is 0 Å². The molecule has 2 heterocycles. The molecule has 1 fully saturated rings. The molecular weight excluding hydrogens is 402 g/mol. The standard InChI is InChI=1S/C24H26ClNO4/c1-16-9-21-19(11-20(16)25)18(13-30-21)10-23(29)26-8-7-22(28)24(14-26,15-27)12-17-5-3-2-4-6-17/h2-6,9,11,13,22,27-28H,7-8,10,12,14-15H2,1H3/t22-,24+/m0/s1. The van der Waals surface area contributed by atoms with E-state index in [0.29, 0.717) is 36.5 Å². The first-order valence-corrected chi connectivity index (χ1v) is 10.6. The molecule has 2 atom stereocenters. The monoisotopic (exact) mass is 427 g/mol. The van der Waals surface area contributed by atoms with Crippen LogP contribution in [0.5, 0.6) is 0 Å². The van der Waals surface area contributed by atoms with Crippen molar-refractivity contribution < 1.29 is 19.4 Å². The normalized spacial score (nSPS) is 21.9. The smallest absolute Gasteiger partial charge is 0.227 e. The van der Waals surface area contributed by atoms with Crippen molar-refractivity contribution in [2.24, 2.45) is 5.41 Å². The number of halogens is 1. The van der Waals surface area contributed by atoms with E-state index >= 15 is 0 Å². The molecule has 0 bridgehead atoms. The van der Waals surface area contributed by atoms with E-state index in [1.54, 1.807) is 11.2 Å². The van der Waals surface area contributed by atoms with Gasteiger partial charge >= 0.3 is 0 Å². The number of amides is 1. The van der Waals surface area contributed by atoms with Gasteiger partial charge in [-0.15, -0.1) is 0 Å². The van der Waals surface area contributed by atoms with Crippen LogP contribution in [0.2, 0.25) is 5.02 Å². The second-order valence-corrected chi connectivity index (χ2v) is 8.75. The highest BCUT2D eigenvalue weighted by molar-refractivity contribution is 6.32. The number of piperidine rings is 1. The number of carbonyl (C=O) groups excluding carboxylic acids is 1. The second kappa shape index (κ2) is 8.42. The van der Waals surface area contributed by atoms with Gasteiger partial charge in [0.15, 0.2) is 0 Å². The van der Waals surface area contributed by atoms with Gasteiger partial charge in [-0.3, -0.25) is 4.79 Å². The van der Waals surface area contributed by atoms with Crippen LogP contribution >= 0.6 is 11.6 Å². The Morgan fingerprint density at radius 2 is 2.07 bits per heavy atom. The van der Waals surface area contributed by atoms with Crippen molar-refractivity contribution in [1.82, 2.24) is 4.90 Å². The van der Waals surface area contributed by atoms with Gasteiger partial charge in [-0.1, -0.05) is 41.9 Å². The third-order valence-corrected chi connectivity index (χ3v) is 6.64. The van der Waals surface area contributed by atoms with Crippen LogP contribution in [-0.2, 0) is 17.6 Å². The number of rotatable bonds is 5. The summed E-state index contributed by atoms with van der Waals surface area (Å²) in [7, 11) is 0. The molecule has 1 saturated heterocycles. The minimum Gasteiger partial charge on any atom is -0.464 e. The van der Waals surface area contributed by atoms with Crippen LogP contribution in [0, 0.1) is 12.3 Å². The van der Waals surface area contributed by atoms with Crippen molar-refractivity contribution in [3.05, 3.63) is 70.4 Å². The van der Waals surface area contributed by atoms with Gasteiger partial charge < -0.3 is 19.5 Å². The molecular formula is C24H26ClNO4. The molecule has 1 aromatic heterocycles. The summed E-state index contributed by atoms with van der Waals surface area (Å²) in [5, 5.41) is 22.4. The van der Waals surface area contributed by atoms with E-state index in [4.69, 9.17) is 16.0 Å². The van der Waals surface area contributed by atoms with E-state index in [9.17, 15) is 15.0 Å². The fourth-order valence-corrected chi connectivity index (χ4v) is 4.53. The highest BCUT2D eigenvalue weighted by atomic mass is 35.5. The topological polar surface area (TPSA) is 73.9 Å². The van der Waals surface area contributed by atoms with E-state index in [1.807, 2.05) is 49.4 Å². The van der Waals surface area contributed by atoms with Crippen molar-refractivity contribution in [1.29, 1.82) is 0 Å². The Bertz CT molecular complexity index is 1050. The molecule has 0 saturated carbocycles. The van der Waals surface area contributed by atoms with Crippen LogP contribution < -0.4 is 0 Å². The van der Waals surface area contributed by atoms with Crippen LogP contribution in [-0.4, -0.2) is 46.8 Å². The maximum atomic E-state index is 13.1. The predicted molar refractivity (Wildman–Crippen MR) is 117 cm³/mol. The average molecular weight is 428 g/mol. The average Bonchev–Trinajstić information content (AvgIpc) is 3.12. The van der Waals surface area contributed by atoms with Crippen LogP contribution in [0.1, 0.15) is 23.1 Å². The molecule has 0 aliphatic carbocycles. The number of aliphatic hydroxyl groups is 2. The molecule has 3 aromatic rings. The van der Waals surface area contributed by atoms with Gasteiger partial charge in [-0.05, 0) is 43.0 Å². The van der Waals surface area contributed by atoms with Gasteiger partial charge in [-0.25, -0.2) is 0 Å². The van der Waals surface area contributed by atoms with Crippen LogP contribution in [0.25, 0.3) is 11.0 Å². The van der Waals surface area contributed by atoms with Gasteiger partial charge in [0, 0.05) is 34.5 Å². The van der Waals surface area contributed by atoms with Crippen molar-refractivity contribution >= 4 is 28.5 Å². The van der Waals surface area contributed by atoms with Crippen molar-refractivity contribution in [3.63, 3.8) is 0 Å². The minimum absolute atomic E-state index is 0.0489. The molecule has 2 aromatic carbocycles. The number of hydrogen-bond donors (Lipinski definition) is 2. The molecule has 0 spiro atoms. The lowest BCUT2D eigenvalue weighted by Gasteiger charge is -2.45. The summed E-state index contributed by atoms with van der Waals surface area (Å²) < 4.78 is 5.62. The second-order valence-electron chi connectivity index (χ2n) is 8.34. The molecule has 0 radical (unpaired) electrons. The van der Waals surface area contributed by atoms with E-state index in [-0.39, 0.29) is 18.9 Å². The molecule has 5 nitrogen and oxygen atoms in total. The van der Waals surface area contributed by atoms with Gasteiger partial charge in [0.25, 0.3) is 0 Å². The Kier molecular flexibility index (Phi) is 5.87. The first-order chi connectivity index (χ1) is 14.4. The van der Waals surface area contributed by atoms with Crippen LogP contribution in [0.4, 0.5) is 0 Å². The Hall–Kier alpha value is -2.34. The highest BCUT2D eigenvalue weighted by Gasteiger charge is 2.43. The number of nitrogens with zero attached hydrogens (tertiary/aromatic N) is 1. The fourth-order valence-electron chi connectivity index (χ4n) is 4.36. The first-order valence-electron chi connectivity index (χ1n) is 10.2. The van der Waals surface area contributed by atoms with Crippen LogP contribution in [0.3, 0.4) is 0 Å². The number of likely N-dealkylation sites (tertiary alicyclic amines) is 1. The third-order valence-electron chi connectivity index (χ3n) is 6.23. The Labute approximate surface area is 180 Å². The zero-order valence-corrected chi connectivity index (χ0v) is 17.7. The maximum absolute atomic E-state index is 13.1. The number of fused-ring (bicyclic) bond motifs is 1. The molecule has 1 aliphatic rings. The molecule has 158 valence electrons. The summed E-state index contributed by atoms with van der Waals surface area (Å²) in [6.07, 6.45) is 2.09. The first kappa shape index (κ1) is 20.9. The fraction of sp³-hybridized carbons (Fsp3) is 0.375. The van der Waals surface area contributed by atoms with E-state index < -0.39 is 11.5 Å². The quantitative estimate of drug-likeness (QED) is 0.650. The minimum atomic E-state index is -0.770. The summed E-state index contributed by atoms with van der Waals surface area (Å²) >= 11 is 6.26. The number of hydrogen-bond acceptors (Lipinski definition) is 4. The van der Waals surface area contributed by atoms with Gasteiger partial charge in [0.05, 0.1) is 25.4 Å². The molecule has 4 rings (SSSR count). The molecule has 6 heteroatoms. The number of aryl methyl sites for hydroxylation is 1. The summed E-state index contributed by atoms with van der Waals surface area (Å²) in [6, 6.07) is 13.5. The summed E-state index contributed by atoms with van der Waals surface area (Å²) in [4.78, 5) is 14.9. The highest BCUT2D eigenvalue weighted by Crippen LogP contribution is 2.35. The summed E-state index contributed by atoms with van der Waals surface area (Å²) in [5.41, 5.74) is 2.69. The lowest BCUT2D eigenvalue weighted by molar-refractivity contribution is -0.141. The number of benzene rings is 2. The zero-order chi connectivity index (χ0) is 21.3. The SMILES string of the molecule is Cc1cc2occ(CC(=O)N3CC[C@H](O)[C@](CO)(Cc4ccccc4)C3)c2cc1Cl. The lowest BCUT2D eigenvalue weighted by atomic mass is 9.73. The number of carbonyl (C=O) groups is 1.